The topological polar surface area (TPSA) is 103 Å². The van der Waals surface area contributed by atoms with Crippen LogP contribution in [-0.2, 0) is 19.3 Å². The minimum atomic E-state index is -0.471. The van der Waals surface area contributed by atoms with Gasteiger partial charge >= 0.3 is 0 Å². The van der Waals surface area contributed by atoms with Crippen molar-refractivity contribution in [1.29, 1.82) is 0 Å². The van der Waals surface area contributed by atoms with Gasteiger partial charge in [0, 0.05) is 37.6 Å². The Morgan fingerprint density at radius 3 is 2.88 bits per heavy atom. The van der Waals surface area contributed by atoms with Crippen molar-refractivity contribution in [3.8, 4) is 0 Å². The molecule has 0 saturated heterocycles. The number of para-hydroxylation sites is 1. The molecular formula is C17H16N4O4S. The molecule has 0 aliphatic rings. The summed E-state index contributed by atoms with van der Waals surface area (Å²) in [5, 5.41) is 14.5. The second kappa shape index (κ2) is 7.87. The highest BCUT2D eigenvalue weighted by Gasteiger charge is 2.16. The number of aryl methyl sites for hydroxylation is 1. The van der Waals surface area contributed by atoms with Crippen LogP contribution in [0.4, 0.5) is 5.69 Å². The number of nitro benzene ring substituents is 1. The highest BCUT2D eigenvalue weighted by Crippen LogP contribution is 2.22. The smallest absolute Gasteiger partial charge is 0.287 e. The largest absolute Gasteiger partial charge is 0.455 e. The minimum absolute atomic E-state index is 0.0283. The number of nitrogens with zero attached hydrogens (tertiary/aromatic N) is 3. The van der Waals surface area contributed by atoms with Crippen molar-refractivity contribution >= 4 is 23.4 Å². The second-order valence-corrected chi connectivity index (χ2v) is 6.39. The molecule has 0 aliphatic carbocycles. The van der Waals surface area contributed by atoms with Crippen molar-refractivity contribution in [2.45, 2.75) is 17.5 Å². The molecule has 2 heterocycles. The Hall–Kier alpha value is -3.07. The van der Waals surface area contributed by atoms with Gasteiger partial charge in [-0.05, 0) is 12.1 Å². The summed E-state index contributed by atoms with van der Waals surface area (Å²) in [6, 6.07) is 9.60. The van der Waals surface area contributed by atoms with Gasteiger partial charge in [-0.2, -0.15) is 0 Å². The van der Waals surface area contributed by atoms with E-state index in [9.17, 15) is 14.9 Å². The lowest BCUT2D eigenvalue weighted by molar-refractivity contribution is -0.385. The van der Waals surface area contributed by atoms with E-state index in [0.29, 0.717) is 17.1 Å². The van der Waals surface area contributed by atoms with E-state index in [2.05, 4.69) is 10.3 Å². The number of aromatic nitrogens is 2. The molecular weight excluding hydrogens is 356 g/mol. The van der Waals surface area contributed by atoms with E-state index in [1.807, 2.05) is 17.8 Å². The van der Waals surface area contributed by atoms with E-state index >= 15 is 0 Å². The first kappa shape index (κ1) is 17.7. The molecule has 26 heavy (non-hydrogen) atoms. The number of benzene rings is 1. The van der Waals surface area contributed by atoms with Gasteiger partial charge in [0.05, 0.1) is 10.7 Å². The second-order valence-electron chi connectivity index (χ2n) is 5.44. The molecule has 0 saturated carbocycles. The van der Waals surface area contributed by atoms with E-state index < -0.39 is 10.8 Å². The zero-order chi connectivity index (χ0) is 18.5. The predicted molar refractivity (Wildman–Crippen MR) is 95.7 cm³/mol. The molecule has 3 aromatic rings. The van der Waals surface area contributed by atoms with Gasteiger partial charge in [-0.1, -0.05) is 30.0 Å². The third-order valence-corrected chi connectivity index (χ3v) is 4.71. The molecule has 1 amide bonds. The van der Waals surface area contributed by atoms with Gasteiger partial charge in [-0.25, -0.2) is 4.98 Å². The van der Waals surface area contributed by atoms with Crippen LogP contribution in [0.2, 0.25) is 0 Å². The fourth-order valence-corrected chi connectivity index (χ4v) is 3.13. The van der Waals surface area contributed by atoms with Crippen molar-refractivity contribution in [3.63, 3.8) is 0 Å². The Labute approximate surface area is 153 Å². The van der Waals surface area contributed by atoms with Crippen LogP contribution in [0.15, 0.2) is 58.4 Å². The summed E-state index contributed by atoms with van der Waals surface area (Å²) in [5.74, 6) is 0.937. The molecule has 134 valence electrons. The fraction of sp³-hybridized carbons (Fsp3) is 0.176. The van der Waals surface area contributed by atoms with Crippen LogP contribution in [0.1, 0.15) is 21.9 Å². The van der Waals surface area contributed by atoms with Gasteiger partial charge in [0.15, 0.2) is 10.9 Å². The summed E-state index contributed by atoms with van der Waals surface area (Å²) >= 11 is 1.50. The fourth-order valence-electron chi connectivity index (χ4n) is 2.31. The first-order valence-corrected chi connectivity index (χ1v) is 8.72. The average Bonchev–Trinajstić information content (AvgIpc) is 3.27. The molecule has 0 radical (unpaired) electrons. The van der Waals surface area contributed by atoms with Crippen molar-refractivity contribution in [3.05, 3.63) is 76.0 Å². The lowest BCUT2D eigenvalue weighted by Crippen LogP contribution is -2.22. The molecule has 3 rings (SSSR count). The molecule has 1 aromatic carbocycles. The molecule has 9 heteroatoms. The van der Waals surface area contributed by atoms with Crippen LogP contribution in [0.25, 0.3) is 0 Å². The lowest BCUT2D eigenvalue weighted by atomic mass is 10.2. The normalized spacial score (nSPS) is 10.7. The monoisotopic (exact) mass is 372 g/mol. The van der Waals surface area contributed by atoms with Crippen LogP contribution in [-0.4, -0.2) is 20.4 Å². The van der Waals surface area contributed by atoms with E-state index in [-0.39, 0.29) is 18.0 Å². The molecule has 0 bridgehead atoms. The highest BCUT2D eigenvalue weighted by atomic mass is 32.2. The van der Waals surface area contributed by atoms with Gasteiger partial charge in [0.1, 0.15) is 5.76 Å². The Morgan fingerprint density at radius 2 is 2.15 bits per heavy atom. The number of amides is 1. The van der Waals surface area contributed by atoms with Crippen LogP contribution in [0.5, 0.6) is 0 Å². The molecule has 0 aliphatic heterocycles. The summed E-state index contributed by atoms with van der Waals surface area (Å²) in [6.07, 6.45) is 3.57. The number of nitro groups is 1. The number of thioether (sulfide) groups is 1. The van der Waals surface area contributed by atoms with E-state index in [1.54, 1.807) is 36.5 Å². The first-order valence-electron chi connectivity index (χ1n) is 7.74. The zero-order valence-corrected chi connectivity index (χ0v) is 14.7. The van der Waals surface area contributed by atoms with Gasteiger partial charge in [0.2, 0.25) is 0 Å². The van der Waals surface area contributed by atoms with E-state index in [4.69, 9.17) is 4.42 Å². The summed E-state index contributed by atoms with van der Waals surface area (Å²) in [5.41, 5.74) is 0.405. The number of nitrogens with one attached hydrogen (secondary N) is 1. The van der Waals surface area contributed by atoms with Gasteiger partial charge in [-0.3, -0.25) is 14.9 Å². The molecule has 2 aromatic heterocycles. The molecule has 0 spiro atoms. The number of hydrogen-bond acceptors (Lipinski definition) is 6. The summed E-state index contributed by atoms with van der Waals surface area (Å²) in [4.78, 5) is 26.9. The van der Waals surface area contributed by atoms with Gasteiger partial charge in [-0.15, -0.1) is 0 Å². The Kier molecular flexibility index (Phi) is 5.37. The SMILES string of the molecule is Cn1ccnc1SCc1ccc(C(=O)NCc2ccccc2[N+](=O)[O-])o1. The van der Waals surface area contributed by atoms with Crippen LogP contribution < -0.4 is 5.32 Å². The third kappa shape index (κ3) is 4.12. The number of imidazole rings is 1. The van der Waals surface area contributed by atoms with Crippen molar-refractivity contribution in [2.75, 3.05) is 0 Å². The first-order chi connectivity index (χ1) is 12.5. The Balaban J connectivity index is 1.58. The summed E-state index contributed by atoms with van der Waals surface area (Å²) in [7, 11) is 1.90. The van der Waals surface area contributed by atoms with E-state index in [0.717, 1.165) is 5.16 Å². The summed E-state index contributed by atoms with van der Waals surface area (Å²) in [6.45, 7) is 0.0496. The molecule has 0 fully saturated rings. The quantitative estimate of drug-likeness (QED) is 0.388. The maximum absolute atomic E-state index is 12.2. The average molecular weight is 372 g/mol. The zero-order valence-electron chi connectivity index (χ0n) is 13.9. The Bertz CT molecular complexity index is 934. The lowest BCUT2D eigenvalue weighted by Gasteiger charge is -2.04. The Morgan fingerprint density at radius 1 is 1.35 bits per heavy atom. The number of rotatable bonds is 7. The molecule has 0 atom stereocenters. The third-order valence-electron chi connectivity index (χ3n) is 3.63. The molecule has 0 unspecified atom stereocenters. The van der Waals surface area contributed by atoms with Gasteiger partial charge in [0.25, 0.3) is 11.6 Å². The summed E-state index contributed by atoms with van der Waals surface area (Å²) < 4.78 is 7.44. The maximum atomic E-state index is 12.2. The van der Waals surface area contributed by atoms with Crippen LogP contribution in [0, 0.1) is 10.1 Å². The predicted octanol–water partition coefficient (Wildman–Crippen LogP) is 3.14. The van der Waals surface area contributed by atoms with Crippen LogP contribution >= 0.6 is 11.8 Å². The van der Waals surface area contributed by atoms with Crippen molar-refractivity contribution in [2.24, 2.45) is 7.05 Å². The molecule has 8 nitrogen and oxygen atoms in total. The van der Waals surface area contributed by atoms with E-state index in [1.165, 1.54) is 17.8 Å². The molecule has 1 N–H and O–H groups in total. The maximum Gasteiger partial charge on any atom is 0.287 e. The standard InChI is InChI=1S/C17H16N4O4S/c1-20-9-8-18-17(20)26-11-13-6-7-15(25-13)16(22)19-10-12-4-2-3-5-14(12)21(23)24/h2-9H,10-11H2,1H3,(H,19,22). The van der Waals surface area contributed by atoms with Crippen molar-refractivity contribution in [1.82, 2.24) is 14.9 Å². The van der Waals surface area contributed by atoms with Crippen molar-refractivity contribution < 1.29 is 14.1 Å². The number of carbonyl (C=O) groups excluding carboxylic acids is 1. The number of hydrogen-bond donors (Lipinski definition) is 1. The number of carbonyl (C=O) groups is 1. The number of furan rings is 1. The van der Waals surface area contributed by atoms with Gasteiger partial charge < -0.3 is 14.3 Å². The van der Waals surface area contributed by atoms with Crippen LogP contribution in [0.3, 0.4) is 0 Å². The minimum Gasteiger partial charge on any atom is -0.455 e. The highest BCUT2D eigenvalue weighted by molar-refractivity contribution is 7.98.